The van der Waals surface area contributed by atoms with Gasteiger partial charge in [-0.25, -0.2) is 9.97 Å². The summed E-state index contributed by atoms with van der Waals surface area (Å²) in [6, 6.07) is 18.8. The lowest BCUT2D eigenvalue weighted by Gasteiger charge is -2.42. The maximum atomic E-state index is 13.2. The molecular formula is C29H31ClN6O. The van der Waals surface area contributed by atoms with Crippen LogP contribution < -0.4 is 4.90 Å². The maximum absolute atomic E-state index is 13.2. The molecule has 2 aliphatic rings. The van der Waals surface area contributed by atoms with Crippen LogP contribution in [0.15, 0.2) is 67.1 Å². The summed E-state index contributed by atoms with van der Waals surface area (Å²) in [6.45, 7) is 7.67. The largest absolute Gasteiger partial charge is 0.367 e. The van der Waals surface area contributed by atoms with Gasteiger partial charge in [0, 0.05) is 62.2 Å². The van der Waals surface area contributed by atoms with Gasteiger partial charge in [0.15, 0.2) is 5.65 Å². The molecule has 1 saturated heterocycles. The third kappa shape index (κ3) is 4.93. The Morgan fingerprint density at radius 1 is 1.03 bits per heavy atom. The molecule has 2 aromatic carbocycles. The Morgan fingerprint density at radius 2 is 1.89 bits per heavy atom. The van der Waals surface area contributed by atoms with Crippen LogP contribution in [-0.4, -0.2) is 62.5 Å². The fraction of sp³-hybridized carbons (Fsp3) is 0.345. The van der Waals surface area contributed by atoms with E-state index in [2.05, 4.69) is 57.0 Å². The third-order valence-corrected chi connectivity index (χ3v) is 7.87. The molecule has 6 rings (SSSR count). The number of aromatic nitrogens is 3. The molecule has 7 nitrogen and oxygen atoms in total. The summed E-state index contributed by atoms with van der Waals surface area (Å²) >= 11 is 6.08. The van der Waals surface area contributed by atoms with Crippen molar-refractivity contribution in [2.24, 2.45) is 0 Å². The van der Waals surface area contributed by atoms with Crippen molar-refractivity contribution in [2.75, 3.05) is 31.1 Å². The molecule has 4 aromatic rings. The van der Waals surface area contributed by atoms with Gasteiger partial charge >= 0.3 is 0 Å². The summed E-state index contributed by atoms with van der Waals surface area (Å²) in [4.78, 5) is 29.0. The predicted octanol–water partition coefficient (Wildman–Crippen LogP) is 4.38. The first kappa shape index (κ1) is 23.9. The Hall–Kier alpha value is -3.42. The van der Waals surface area contributed by atoms with E-state index in [1.165, 1.54) is 22.4 Å². The highest BCUT2D eigenvalue weighted by atomic mass is 35.5. The van der Waals surface area contributed by atoms with E-state index in [9.17, 15) is 4.79 Å². The fourth-order valence-electron chi connectivity index (χ4n) is 5.69. The van der Waals surface area contributed by atoms with Crippen molar-refractivity contribution >= 4 is 34.4 Å². The number of carbonyl (C=O) groups is 1. The van der Waals surface area contributed by atoms with E-state index >= 15 is 0 Å². The zero-order valence-electron chi connectivity index (χ0n) is 21.1. The van der Waals surface area contributed by atoms with Crippen LogP contribution in [0.3, 0.4) is 0 Å². The highest BCUT2D eigenvalue weighted by Crippen LogP contribution is 2.31. The van der Waals surface area contributed by atoms with Crippen LogP contribution in [0.1, 0.15) is 23.6 Å². The van der Waals surface area contributed by atoms with Gasteiger partial charge in [0.25, 0.3) is 0 Å². The summed E-state index contributed by atoms with van der Waals surface area (Å²) in [5.41, 5.74) is 7.02. The number of fused-ring (bicyclic) bond motifs is 2. The number of benzene rings is 2. The molecule has 0 saturated carbocycles. The van der Waals surface area contributed by atoms with E-state index in [0.29, 0.717) is 6.54 Å². The fourth-order valence-corrected chi connectivity index (χ4v) is 5.82. The SMILES string of the molecule is CC1CN(c2cccc3c2CN(Cc2ccc(Cl)cc2)CC3)CCN1C(=O)Cn1cnc2cccnc21. The van der Waals surface area contributed by atoms with E-state index in [0.717, 1.165) is 55.3 Å². The van der Waals surface area contributed by atoms with Crippen LogP contribution in [0.25, 0.3) is 11.2 Å². The van der Waals surface area contributed by atoms with Crippen molar-refractivity contribution in [1.29, 1.82) is 0 Å². The van der Waals surface area contributed by atoms with E-state index in [1.54, 1.807) is 12.5 Å². The van der Waals surface area contributed by atoms with Crippen molar-refractivity contribution in [2.45, 2.75) is 39.0 Å². The number of piperazine rings is 1. The Morgan fingerprint density at radius 3 is 2.73 bits per heavy atom. The molecule has 1 fully saturated rings. The van der Waals surface area contributed by atoms with Gasteiger partial charge in [0.2, 0.25) is 5.91 Å². The van der Waals surface area contributed by atoms with E-state index in [1.807, 2.05) is 33.7 Å². The van der Waals surface area contributed by atoms with E-state index in [-0.39, 0.29) is 18.5 Å². The highest BCUT2D eigenvalue weighted by Gasteiger charge is 2.30. The molecule has 0 radical (unpaired) electrons. The lowest BCUT2D eigenvalue weighted by molar-refractivity contribution is -0.134. The van der Waals surface area contributed by atoms with Gasteiger partial charge in [-0.3, -0.25) is 9.69 Å². The van der Waals surface area contributed by atoms with Crippen LogP contribution in [0, 0.1) is 0 Å². The van der Waals surface area contributed by atoms with Crippen LogP contribution in [0.5, 0.6) is 0 Å². The van der Waals surface area contributed by atoms with Gasteiger partial charge in [0.1, 0.15) is 12.1 Å². The number of anilines is 1. The smallest absolute Gasteiger partial charge is 0.242 e. The second-order valence-corrected chi connectivity index (χ2v) is 10.5. The molecule has 4 heterocycles. The topological polar surface area (TPSA) is 57.5 Å². The summed E-state index contributed by atoms with van der Waals surface area (Å²) < 4.78 is 1.85. The van der Waals surface area contributed by atoms with Gasteiger partial charge in [-0.2, -0.15) is 0 Å². The van der Waals surface area contributed by atoms with Gasteiger partial charge in [-0.05, 0) is 60.4 Å². The van der Waals surface area contributed by atoms with Gasteiger partial charge in [-0.1, -0.05) is 35.9 Å². The molecule has 8 heteroatoms. The second-order valence-electron chi connectivity index (χ2n) is 10.1. The first-order valence-electron chi connectivity index (χ1n) is 12.9. The molecule has 2 aromatic heterocycles. The molecule has 1 unspecified atom stereocenters. The average molecular weight is 515 g/mol. The summed E-state index contributed by atoms with van der Waals surface area (Å²) in [5, 5.41) is 0.775. The number of hydrogen-bond donors (Lipinski definition) is 0. The number of hydrogen-bond acceptors (Lipinski definition) is 5. The van der Waals surface area contributed by atoms with Crippen LogP contribution in [0.2, 0.25) is 5.02 Å². The lowest BCUT2D eigenvalue weighted by atomic mass is 9.96. The second kappa shape index (κ2) is 10.1. The van der Waals surface area contributed by atoms with Crippen molar-refractivity contribution < 1.29 is 4.79 Å². The quantitative estimate of drug-likeness (QED) is 0.395. The van der Waals surface area contributed by atoms with E-state index in [4.69, 9.17) is 11.6 Å². The van der Waals surface area contributed by atoms with Crippen molar-refractivity contribution in [3.63, 3.8) is 0 Å². The van der Waals surface area contributed by atoms with Crippen molar-refractivity contribution in [1.82, 2.24) is 24.3 Å². The number of nitrogens with zero attached hydrogens (tertiary/aromatic N) is 6. The Balaban J connectivity index is 1.14. The summed E-state index contributed by atoms with van der Waals surface area (Å²) in [5.74, 6) is 0.112. The molecule has 1 amide bonds. The molecule has 0 aliphatic carbocycles. The molecular weight excluding hydrogens is 484 g/mol. The maximum Gasteiger partial charge on any atom is 0.242 e. The lowest BCUT2D eigenvalue weighted by Crippen LogP contribution is -2.55. The Bertz CT molecular complexity index is 1420. The molecule has 37 heavy (non-hydrogen) atoms. The number of amides is 1. The minimum atomic E-state index is 0.112. The first-order chi connectivity index (χ1) is 18.0. The highest BCUT2D eigenvalue weighted by molar-refractivity contribution is 6.30. The number of imidazole rings is 1. The van der Waals surface area contributed by atoms with Crippen LogP contribution >= 0.6 is 11.6 Å². The number of carbonyl (C=O) groups excluding carboxylic acids is 1. The van der Waals surface area contributed by atoms with Gasteiger partial charge in [-0.15, -0.1) is 0 Å². The predicted molar refractivity (Wildman–Crippen MR) is 147 cm³/mol. The standard InChI is InChI=1S/C29H31ClN6O/c1-21-16-34(14-15-36(21)28(37)19-35-20-32-26-5-3-12-31-29(26)35)27-6-2-4-23-11-13-33(18-25(23)27)17-22-7-9-24(30)10-8-22/h2-10,12,20-21H,11,13-19H2,1H3. The van der Waals surface area contributed by atoms with Gasteiger partial charge < -0.3 is 14.4 Å². The molecule has 2 aliphatic heterocycles. The van der Waals surface area contributed by atoms with Gasteiger partial charge in [0.05, 0.1) is 6.33 Å². The van der Waals surface area contributed by atoms with E-state index < -0.39 is 0 Å². The zero-order chi connectivity index (χ0) is 25.4. The third-order valence-electron chi connectivity index (χ3n) is 7.62. The number of pyridine rings is 1. The van der Waals surface area contributed by atoms with Crippen molar-refractivity contribution in [3.05, 3.63) is 88.8 Å². The molecule has 190 valence electrons. The zero-order valence-corrected chi connectivity index (χ0v) is 21.8. The molecule has 0 bridgehead atoms. The average Bonchev–Trinajstić information content (AvgIpc) is 3.32. The number of halogens is 1. The van der Waals surface area contributed by atoms with Crippen LogP contribution in [0.4, 0.5) is 5.69 Å². The summed E-state index contributed by atoms with van der Waals surface area (Å²) in [6.07, 6.45) is 4.50. The normalized spacial score (nSPS) is 18.3. The Labute approximate surface area is 222 Å². The summed E-state index contributed by atoms with van der Waals surface area (Å²) in [7, 11) is 0. The van der Waals surface area contributed by atoms with Crippen LogP contribution in [-0.2, 0) is 30.8 Å². The van der Waals surface area contributed by atoms with Crippen molar-refractivity contribution in [3.8, 4) is 0 Å². The molecule has 0 spiro atoms. The molecule has 0 N–H and O–H groups in total. The monoisotopic (exact) mass is 514 g/mol. The number of rotatable bonds is 5. The Kier molecular flexibility index (Phi) is 6.57. The minimum Gasteiger partial charge on any atom is -0.367 e. The first-order valence-corrected chi connectivity index (χ1v) is 13.3. The minimum absolute atomic E-state index is 0.112. The molecule has 1 atom stereocenters.